The van der Waals surface area contributed by atoms with E-state index in [0.29, 0.717) is 12.6 Å². The summed E-state index contributed by atoms with van der Waals surface area (Å²) in [4.78, 5) is 2.41. The molecule has 1 aliphatic heterocycles. The van der Waals surface area contributed by atoms with E-state index in [4.69, 9.17) is 17.3 Å². The van der Waals surface area contributed by atoms with Crippen LogP contribution in [0.2, 0.25) is 5.02 Å². The second kappa shape index (κ2) is 5.07. The minimum absolute atomic E-state index is 0.551. The molecule has 88 valence electrons. The van der Waals surface area contributed by atoms with Crippen molar-refractivity contribution < 1.29 is 0 Å². The Labute approximate surface area is 102 Å². The predicted octanol–water partition coefficient (Wildman–Crippen LogP) is 3.18. The number of halogens is 1. The maximum atomic E-state index is 6.31. The van der Waals surface area contributed by atoms with Crippen LogP contribution in [0, 0.1) is 0 Å². The Balaban J connectivity index is 2.25. The Morgan fingerprint density at radius 3 is 2.88 bits per heavy atom. The van der Waals surface area contributed by atoms with Gasteiger partial charge in [0, 0.05) is 19.1 Å². The summed E-state index contributed by atoms with van der Waals surface area (Å²) < 4.78 is 0. The first-order valence-corrected chi connectivity index (χ1v) is 6.35. The molecule has 3 heteroatoms. The van der Waals surface area contributed by atoms with E-state index >= 15 is 0 Å². The van der Waals surface area contributed by atoms with E-state index in [-0.39, 0.29) is 0 Å². The molecule has 1 aromatic rings. The van der Waals surface area contributed by atoms with Crippen LogP contribution in [0.25, 0.3) is 0 Å². The molecule has 1 saturated heterocycles. The van der Waals surface area contributed by atoms with Gasteiger partial charge in [-0.3, -0.25) is 0 Å². The van der Waals surface area contributed by atoms with Crippen LogP contribution >= 0.6 is 11.6 Å². The van der Waals surface area contributed by atoms with Crippen LogP contribution in [-0.2, 0) is 6.54 Å². The Kier molecular flexibility index (Phi) is 3.72. The highest BCUT2D eigenvalue weighted by Gasteiger charge is 2.20. The van der Waals surface area contributed by atoms with E-state index in [9.17, 15) is 0 Å². The standard InChI is InChI=1S/C13H19ClN2/c1-10-4-2-3-7-16(10)13-6-5-11(9-15)8-12(13)14/h5-6,8,10H,2-4,7,9,15H2,1H3. The zero-order valence-corrected chi connectivity index (χ0v) is 10.5. The molecule has 0 spiro atoms. The normalized spacial score (nSPS) is 21.2. The van der Waals surface area contributed by atoms with Gasteiger partial charge in [0.15, 0.2) is 0 Å². The minimum atomic E-state index is 0.551. The van der Waals surface area contributed by atoms with Gasteiger partial charge in [-0.25, -0.2) is 0 Å². The highest BCUT2D eigenvalue weighted by Crippen LogP contribution is 2.31. The second-order valence-electron chi connectivity index (χ2n) is 4.53. The van der Waals surface area contributed by atoms with Crippen LogP contribution in [-0.4, -0.2) is 12.6 Å². The summed E-state index contributed by atoms with van der Waals surface area (Å²) in [6.45, 7) is 3.94. The number of hydrogen-bond acceptors (Lipinski definition) is 2. The first-order valence-electron chi connectivity index (χ1n) is 5.97. The molecule has 1 atom stereocenters. The van der Waals surface area contributed by atoms with Crippen molar-refractivity contribution in [3.05, 3.63) is 28.8 Å². The molecule has 0 amide bonds. The van der Waals surface area contributed by atoms with Gasteiger partial charge in [-0.1, -0.05) is 17.7 Å². The molecule has 2 nitrogen and oxygen atoms in total. The summed E-state index contributed by atoms with van der Waals surface area (Å²) >= 11 is 6.31. The lowest BCUT2D eigenvalue weighted by molar-refractivity contribution is 0.485. The SMILES string of the molecule is CC1CCCCN1c1ccc(CN)cc1Cl. The van der Waals surface area contributed by atoms with Gasteiger partial charge in [-0.05, 0) is 43.9 Å². The van der Waals surface area contributed by atoms with E-state index < -0.39 is 0 Å². The molecule has 0 bridgehead atoms. The van der Waals surface area contributed by atoms with Crippen LogP contribution in [0.1, 0.15) is 31.7 Å². The van der Waals surface area contributed by atoms with Crippen LogP contribution in [0.5, 0.6) is 0 Å². The number of nitrogens with two attached hydrogens (primary N) is 1. The lowest BCUT2D eigenvalue weighted by atomic mass is 10.0. The highest BCUT2D eigenvalue weighted by molar-refractivity contribution is 6.33. The van der Waals surface area contributed by atoms with Gasteiger partial charge in [0.2, 0.25) is 0 Å². The number of piperidine rings is 1. The molecule has 1 aliphatic rings. The first-order chi connectivity index (χ1) is 7.72. The van der Waals surface area contributed by atoms with Gasteiger partial charge >= 0.3 is 0 Å². The largest absolute Gasteiger partial charge is 0.368 e. The summed E-state index contributed by atoms with van der Waals surface area (Å²) in [5.41, 5.74) is 7.86. The Hall–Kier alpha value is -0.730. The molecule has 1 heterocycles. The van der Waals surface area contributed by atoms with Gasteiger partial charge in [-0.2, -0.15) is 0 Å². The fraction of sp³-hybridized carbons (Fsp3) is 0.538. The number of anilines is 1. The van der Waals surface area contributed by atoms with Crippen molar-refractivity contribution >= 4 is 17.3 Å². The van der Waals surface area contributed by atoms with E-state index in [1.165, 1.54) is 19.3 Å². The van der Waals surface area contributed by atoms with Crippen molar-refractivity contribution in [2.24, 2.45) is 5.73 Å². The monoisotopic (exact) mass is 238 g/mol. The number of nitrogens with zero attached hydrogens (tertiary/aromatic N) is 1. The molecule has 0 aliphatic carbocycles. The fourth-order valence-electron chi connectivity index (χ4n) is 2.37. The van der Waals surface area contributed by atoms with Crippen molar-refractivity contribution in [2.45, 2.75) is 38.8 Å². The molecule has 1 unspecified atom stereocenters. The second-order valence-corrected chi connectivity index (χ2v) is 4.94. The van der Waals surface area contributed by atoms with E-state index in [0.717, 1.165) is 22.8 Å². The molecule has 0 aromatic heterocycles. The molecular weight excluding hydrogens is 220 g/mol. The van der Waals surface area contributed by atoms with Crippen LogP contribution in [0.3, 0.4) is 0 Å². The summed E-state index contributed by atoms with van der Waals surface area (Å²) in [5, 5.41) is 0.830. The Bertz CT molecular complexity index is 365. The van der Waals surface area contributed by atoms with Gasteiger partial charge < -0.3 is 10.6 Å². The zero-order valence-electron chi connectivity index (χ0n) is 9.75. The summed E-state index contributed by atoms with van der Waals surface area (Å²) in [7, 11) is 0. The Morgan fingerprint density at radius 1 is 1.44 bits per heavy atom. The fourth-order valence-corrected chi connectivity index (χ4v) is 2.68. The summed E-state index contributed by atoms with van der Waals surface area (Å²) in [6, 6.07) is 6.75. The van der Waals surface area contributed by atoms with Gasteiger partial charge in [0.25, 0.3) is 0 Å². The Morgan fingerprint density at radius 2 is 2.25 bits per heavy atom. The van der Waals surface area contributed by atoms with E-state index in [2.05, 4.69) is 24.0 Å². The smallest absolute Gasteiger partial charge is 0.0642 e. The summed E-state index contributed by atoms with van der Waals surface area (Å²) in [5.74, 6) is 0. The lowest BCUT2D eigenvalue weighted by Crippen LogP contribution is -2.37. The van der Waals surface area contributed by atoms with Crippen molar-refractivity contribution in [3.8, 4) is 0 Å². The van der Waals surface area contributed by atoms with Crippen molar-refractivity contribution in [2.75, 3.05) is 11.4 Å². The molecular formula is C13H19ClN2. The number of benzene rings is 1. The van der Waals surface area contributed by atoms with Gasteiger partial charge in [0.1, 0.15) is 0 Å². The molecule has 16 heavy (non-hydrogen) atoms. The maximum absolute atomic E-state index is 6.31. The van der Waals surface area contributed by atoms with Gasteiger partial charge in [0.05, 0.1) is 10.7 Å². The van der Waals surface area contributed by atoms with Crippen molar-refractivity contribution in [3.63, 3.8) is 0 Å². The maximum Gasteiger partial charge on any atom is 0.0642 e. The van der Waals surface area contributed by atoms with Crippen LogP contribution < -0.4 is 10.6 Å². The third kappa shape index (κ3) is 2.33. The third-order valence-corrected chi connectivity index (χ3v) is 3.66. The topological polar surface area (TPSA) is 29.3 Å². The molecule has 2 rings (SSSR count). The molecule has 1 aromatic carbocycles. The molecule has 2 N–H and O–H groups in total. The summed E-state index contributed by atoms with van der Waals surface area (Å²) in [6.07, 6.45) is 3.85. The molecule has 0 radical (unpaired) electrons. The lowest BCUT2D eigenvalue weighted by Gasteiger charge is -2.36. The third-order valence-electron chi connectivity index (χ3n) is 3.36. The predicted molar refractivity (Wildman–Crippen MR) is 70.0 cm³/mol. The quantitative estimate of drug-likeness (QED) is 0.858. The minimum Gasteiger partial charge on any atom is -0.368 e. The van der Waals surface area contributed by atoms with Crippen LogP contribution in [0.15, 0.2) is 18.2 Å². The first kappa shape index (κ1) is 11.7. The van der Waals surface area contributed by atoms with E-state index in [1.54, 1.807) is 0 Å². The van der Waals surface area contributed by atoms with Crippen molar-refractivity contribution in [1.29, 1.82) is 0 Å². The van der Waals surface area contributed by atoms with Crippen molar-refractivity contribution in [1.82, 2.24) is 0 Å². The number of rotatable bonds is 2. The number of hydrogen-bond donors (Lipinski definition) is 1. The zero-order chi connectivity index (χ0) is 11.5. The average Bonchev–Trinajstić information content (AvgIpc) is 2.30. The van der Waals surface area contributed by atoms with E-state index in [1.807, 2.05) is 6.07 Å². The molecule has 1 fully saturated rings. The molecule has 0 saturated carbocycles. The van der Waals surface area contributed by atoms with Gasteiger partial charge in [-0.15, -0.1) is 0 Å². The average molecular weight is 239 g/mol. The highest BCUT2D eigenvalue weighted by atomic mass is 35.5. The van der Waals surface area contributed by atoms with Crippen LogP contribution in [0.4, 0.5) is 5.69 Å².